The largest absolute Gasteiger partial charge is 0.495 e. The molecule has 0 bridgehead atoms. The van der Waals surface area contributed by atoms with Gasteiger partial charge < -0.3 is 10.1 Å². The molecule has 0 unspecified atom stereocenters. The molecule has 0 saturated heterocycles. The van der Waals surface area contributed by atoms with Crippen LogP contribution in [-0.4, -0.2) is 26.4 Å². The van der Waals surface area contributed by atoms with Gasteiger partial charge in [-0.15, -0.1) is 0 Å². The van der Waals surface area contributed by atoms with E-state index in [2.05, 4.69) is 15.0 Å². The average molecular weight is 433 g/mol. The molecule has 0 aliphatic carbocycles. The van der Waals surface area contributed by atoms with E-state index in [0.29, 0.717) is 22.8 Å². The Balaban J connectivity index is 1.50. The van der Waals surface area contributed by atoms with Crippen molar-refractivity contribution in [1.82, 2.24) is 4.98 Å². The first kappa shape index (κ1) is 20.4. The molecule has 7 nitrogen and oxygen atoms in total. The number of hydrogen-bond donors (Lipinski definition) is 2. The fraction of sp³-hybridized carbons (Fsp3) is 0.0435. The van der Waals surface area contributed by atoms with Gasteiger partial charge in [0.25, 0.3) is 15.9 Å². The molecule has 0 atom stereocenters. The molecule has 0 aliphatic heterocycles. The van der Waals surface area contributed by atoms with Crippen LogP contribution in [0.4, 0.5) is 11.5 Å². The van der Waals surface area contributed by atoms with Gasteiger partial charge in [0, 0.05) is 10.9 Å². The van der Waals surface area contributed by atoms with E-state index in [1.807, 2.05) is 30.3 Å². The molecule has 0 spiro atoms. The van der Waals surface area contributed by atoms with Gasteiger partial charge in [-0.1, -0.05) is 30.3 Å². The molecular formula is C23H19N3O4S. The van der Waals surface area contributed by atoms with E-state index in [1.54, 1.807) is 30.3 Å². The Morgan fingerprint density at radius 2 is 1.58 bits per heavy atom. The first-order chi connectivity index (χ1) is 15.0. The number of carbonyl (C=O) groups excluding carboxylic acids is 1. The van der Waals surface area contributed by atoms with Crippen molar-refractivity contribution in [2.45, 2.75) is 4.90 Å². The Kier molecular flexibility index (Phi) is 5.55. The van der Waals surface area contributed by atoms with Gasteiger partial charge in [0.15, 0.2) is 0 Å². The molecule has 4 aromatic rings. The molecule has 4 rings (SSSR count). The second-order valence-corrected chi connectivity index (χ2v) is 8.36. The van der Waals surface area contributed by atoms with Gasteiger partial charge >= 0.3 is 0 Å². The zero-order chi connectivity index (χ0) is 21.8. The number of nitrogens with one attached hydrogen (secondary N) is 2. The number of sulfonamides is 1. The van der Waals surface area contributed by atoms with Crippen LogP contribution in [0.2, 0.25) is 0 Å². The lowest BCUT2D eigenvalue weighted by molar-refractivity contribution is 0.102. The van der Waals surface area contributed by atoms with E-state index < -0.39 is 10.0 Å². The van der Waals surface area contributed by atoms with Crippen LogP contribution < -0.4 is 14.8 Å². The Bertz CT molecular complexity index is 1350. The molecule has 0 aliphatic rings. The summed E-state index contributed by atoms with van der Waals surface area (Å²) in [5.74, 6) is 0.438. The Hall–Kier alpha value is -3.91. The van der Waals surface area contributed by atoms with Crippen LogP contribution in [0.15, 0.2) is 89.8 Å². The maximum absolute atomic E-state index is 12.7. The molecule has 0 fully saturated rings. The molecular weight excluding hydrogens is 414 g/mol. The molecule has 0 saturated carbocycles. The molecule has 0 radical (unpaired) electrons. The van der Waals surface area contributed by atoms with Gasteiger partial charge in [-0.3, -0.25) is 9.52 Å². The van der Waals surface area contributed by atoms with Gasteiger partial charge in [0.1, 0.15) is 11.6 Å². The molecule has 1 amide bonds. The summed E-state index contributed by atoms with van der Waals surface area (Å²) in [6.45, 7) is 0. The Morgan fingerprint density at radius 3 is 2.35 bits per heavy atom. The maximum Gasteiger partial charge on any atom is 0.262 e. The number of amides is 1. The fourth-order valence-corrected chi connectivity index (χ4v) is 4.11. The zero-order valence-corrected chi connectivity index (χ0v) is 17.4. The van der Waals surface area contributed by atoms with Crippen molar-refractivity contribution in [1.29, 1.82) is 0 Å². The third kappa shape index (κ3) is 4.49. The summed E-state index contributed by atoms with van der Waals surface area (Å²) in [7, 11) is -2.38. The molecule has 2 N–H and O–H groups in total. The monoisotopic (exact) mass is 433 g/mol. The number of pyridine rings is 1. The predicted molar refractivity (Wildman–Crippen MR) is 120 cm³/mol. The summed E-state index contributed by atoms with van der Waals surface area (Å²) in [6.07, 6.45) is 0. The van der Waals surface area contributed by atoms with Crippen molar-refractivity contribution < 1.29 is 17.9 Å². The van der Waals surface area contributed by atoms with Crippen LogP contribution in [0.3, 0.4) is 0 Å². The molecule has 3 aromatic carbocycles. The number of aromatic nitrogens is 1. The van der Waals surface area contributed by atoms with Crippen LogP contribution in [0.1, 0.15) is 10.4 Å². The number of benzene rings is 3. The second-order valence-electron chi connectivity index (χ2n) is 6.67. The Morgan fingerprint density at radius 1 is 0.871 bits per heavy atom. The average Bonchev–Trinajstić information content (AvgIpc) is 2.79. The summed E-state index contributed by atoms with van der Waals surface area (Å²) in [4.78, 5) is 17.0. The number of fused-ring (bicyclic) bond motifs is 1. The van der Waals surface area contributed by atoms with Crippen LogP contribution in [0.5, 0.6) is 5.75 Å². The van der Waals surface area contributed by atoms with Crippen molar-refractivity contribution in [3.63, 3.8) is 0 Å². The van der Waals surface area contributed by atoms with Crippen LogP contribution in [-0.2, 0) is 10.0 Å². The minimum atomic E-state index is -3.85. The van der Waals surface area contributed by atoms with Crippen LogP contribution >= 0.6 is 0 Å². The number of carbonyl (C=O) groups is 1. The first-order valence-corrected chi connectivity index (χ1v) is 10.9. The highest BCUT2D eigenvalue weighted by atomic mass is 32.2. The van der Waals surface area contributed by atoms with Crippen molar-refractivity contribution >= 4 is 38.3 Å². The number of rotatable bonds is 6. The summed E-state index contributed by atoms with van der Waals surface area (Å²) >= 11 is 0. The van der Waals surface area contributed by atoms with E-state index in [-0.39, 0.29) is 10.8 Å². The highest BCUT2D eigenvalue weighted by molar-refractivity contribution is 7.92. The zero-order valence-electron chi connectivity index (χ0n) is 16.6. The smallest absolute Gasteiger partial charge is 0.262 e. The lowest BCUT2D eigenvalue weighted by Crippen LogP contribution is -2.15. The normalized spacial score (nSPS) is 11.1. The fourth-order valence-electron chi connectivity index (χ4n) is 3.04. The number of hydrogen-bond acceptors (Lipinski definition) is 5. The summed E-state index contributed by atoms with van der Waals surface area (Å²) in [6, 6.07) is 23.5. The van der Waals surface area contributed by atoms with E-state index in [1.165, 1.54) is 31.4 Å². The van der Waals surface area contributed by atoms with E-state index in [0.717, 1.165) is 10.9 Å². The maximum atomic E-state index is 12.7. The SMILES string of the molecule is COc1ccccc1NS(=O)(=O)c1ccc(C(=O)Nc2ccc3ccccc3n2)cc1. The molecule has 1 aromatic heterocycles. The van der Waals surface area contributed by atoms with Crippen molar-refractivity contribution in [3.8, 4) is 5.75 Å². The van der Waals surface area contributed by atoms with Crippen LogP contribution in [0.25, 0.3) is 10.9 Å². The third-order valence-corrected chi connectivity index (χ3v) is 6.00. The number of para-hydroxylation sites is 3. The number of anilines is 2. The van der Waals surface area contributed by atoms with Crippen molar-refractivity contribution in [2.24, 2.45) is 0 Å². The highest BCUT2D eigenvalue weighted by Gasteiger charge is 2.17. The van der Waals surface area contributed by atoms with Gasteiger partial charge in [0.05, 0.1) is 23.2 Å². The van der Waals surface area contributed by atoms with Gasteiger partial charge in [-0.2, -0.15) is 0 Å². The standard InChI is InChI=1S/C23H19N3O4S/c1-30-21-9-5-4-8-20(21)26-31(28,29)18-13-10-17(11-14-18)23(27)25-22-15-12-16-6-2-3-7-19(16)24-22/h2-15,26H,1H3,(H,24,25,27). The highest BCUT2D eigenvalue weighted by Crippen LogP contribution is 2.26. The second kappa shape index (κ2) is 8.45. The van der Waals surface area contributed by atoms with Gasteiger partial charge in [-0.05, 0) is 54.6 Å². The summed E-state index contributed by atoms with van der Waals surface area (Å²) in [5, 5.41) is 3.70. The first-order valence-electron chi connectivity index (χ1n) is 9.39. The lowest BCUT2D eigenvalue weighted by Gasteiger charge is -2.12. The van der Waals surface area contributed by atoms with Crippen molar-refractivity contribution in [3.05, 3.63) is 90.5 Å². The van der Waals surface area contributed by atoms with E-state index in [9.17, 15) is 13.2 Å². The number of methoxy groups -OCH3 is 1. The predicted octanol–water partition coefficient (Wildman–Crippen LogP) is 4.30. The molecule has 1 heterocycles. The van der Waals surface area contributed by atoms with E-state index in [4.69, 9.17) is 4.74 Å². The quantitative estimate of drug-likeness (QED) is 0.473. The van der Waals surface area contributed by atoms with Crippen LogP contribution in [0, 0.1) is 0 Å². The lowest BCUT2D eigenvalue weighted by atomic mass is 10.2. The van der Waals surface area contributed by atoms with E-state index >= 15 is 0 Å². The number of ether oxygens (including phenoxy) is 1. The summed E-state index contributed by atoms with van der Waals surface area (Å²) < 4.78 is 33.0. The molecule has 31 heavy (non-hydrogen) atoms. The third-order valence-electron chi connectivity index (χ3n) is 4.62. The molecule has 156 valence electrons. The molecule has 8 heteroatoms. The van der Waals surface area contributed by atoms with Crippen molar-refractivity contribution in [2.75, 3.05) is 17.1 Å². The van der Waals surface area contributed by atoms with Gasteiger partial charge in [-0.25, -0.2) is 13.4 Å². The van der Waals surface area contributed by atoms with Gasteiger partial charge in [0.2, 0.25) is 0 Å². The topological polar surface area (TPSA) is 97.4 Å². The Labute approximate surface area is 179 Å². The number of nitrogens with zero attached hydrogens (tertiary/aromatic N) is 1. The summed E-state index contributed by atoms with van der Waals surface area (Å²) in [5.41, 5.74) is 1.41. The minimum absolute atomic E-state index is 0.0267. The minimum Gasteiger partial charge on any atom is -0.495 e.